The lowest BCUT2D eigenvalue weighted by atomic mass is 9.81. The molecule has 3 heteroatoms. The molecule has 0 aromatic heterocycles. The van der Waals surface area contributed by atoms with Crippen molar-refractivity contribution in [3.63, 3.8) is 0 Å². The van der Waals surface area contributed by atoms with Gasteiger partial charge < -0.3 is 10.6 Å². The Morgan fingerprint density at radius 1 is 1.33 bits per heavy atom. The first-order valence-electron chi connectivity index (χ1n) is 6.86. The van der Waals surface area contributed by atoms with Gasteiger partial charge in [-0.1, -0.05) is 24.3 Å². The Kier molecular flexibility index (Phi) is 3.08. The third kappa shape index (κ3) is 1.93. The summed E-state index contributed by atoms with van der Waals surface area (Å²) < 4.78 is 0. The van der Waals surface area contributed by atoms with E-state index >= 15 is 0 Å². The van der Waals surface area contributed by atoms with E-state index in [-0.39, 0.29) is 5.92 Å². The van der Waals surface area contributed by atoms with E-state index in [1.165, 1.54) is 11.1 Å². The largest absolute Gasteiger partial charge is 0.341 e. The summed E-state index contributed by atoms with van der Waals surface area (Å²) in [6.45, 7) is 2.41. The highest BCUT2D eigenvalue weighted by atomic mass is 16.2. The Morgan fingerprint density at radius 2 is 2.11 bits per heavy atom. The van der Waals surface area contributed by atoms with Gasteiger partial charge in [-0.25, -0.2) is 0 Å². The number of nitrogens with two attached hydrogens (primary N) is 1. The van der Waals surface area contributed by atoms with Crippen LogP contribution in [-0.2, 0) is 11.2 Å². The van der Waals surface area contributed by atoms with Gasteiger partial charge in [0.15, 0.2) is 0 Å². The van der Waals surface area contributed by atoms with Crippen LogP contribution in [0.15, 0.2) is 24.3 Å². The van der Waals surface area contributed by atoms with Crippen LogP contribution in [-0.4, -0.2) is 30.4 Å². The number of hydrogen-bond acceptors (Lipinski definition) is 2. The maximum atomic E-state index is 12.5. The van der Waals surface area contributed by atoms with Crippen molar-refractivity contribution < 1.29 is 4.79 Å². The summed E-state index contributed by atoms with van der Waals surface area (Å²) >= 11 is 0. The van der Waals surface area contributed by atoms with E-state index < -0.39 is 0 Å². The van der Waals surface area contributed by atoms with Gasteiger partial charge in [-0.2, -0.15) is 0 Å². The molecule has 1 amide bonds. The molecule has 0 bridgehead atoms. The third-order valence-corrected chi connectivity index (χ3v) is 4.27. The maximum Gasteiger partial charge on any atom is 0.230 e. The van der Waals surface area contributed by atoms with Crippen molar-refractivity contribution in [2.45, 2.75) is 25.2 Å². The van der Waals surface area contributed by atoms with Crippen molar-refractivity contribution in [3.05, 3.63) is 35.4 Å². The zero-order valence-corrected chi connectivity index (χ0v) is 10.6. The fraction of sp³-hybridized carbons (Fsp3) is 0.533. The molecule has 1 aromatic carbocycles. The SMILES string of the molecule is NCC1CN(C(=O)C2CCCc3ccccc32)C1. The Labute approximate surface area is 108 Å². The van der Waals surface area contributed by atoms with Crippen molar-refractivity contribution in [1.29, 1.82) is 0 Å². The number of fused-ring (bicyclic) bond motifs is 1. The summed E-state index contributed by atoms with van der Waals surface area (Å²) in [5, 5.41) is 0. The number of amides is 1. The van der Waals surface area contributed by atoms with E-state index in [4.69, 9.17) is 5.73 Å². The van der Waals surface area contributed by atoms with Crippen LogP contribution in [0.4, 0.5) is 0 Å². The summed E-state index contributed by atoms with van der Waals surface area (Å²) in [6, 6.07) is 8.40. The monoisotopic (exact) mass is 244 g/mol. The number of aryl methyl sites for hydroxylation is 1. The van der Waals surface area contributed by atoms with E-state index in [0.717, 1.165) is 32.4 Å². The number of likely N-dealkylation sites (tertiary alicyclic amines) is 1. The van der Waals surface area contributed by atoms with Crippen LogP contribution >= 0.6 is 0 Å². The van der Waals surface area contributed by atoms with Crippen LogP contribution in [0.3, 0.4) is 0 Å². The van der Waals surface area contributed by atoms with Crippen molar-refractivity contribution >= 4 is 5.91 Å². The van der Waals surface area contributed by atoms with E-state index in [1.807, 2.05) is 11.0 Å². The second-order valence-corrected chi connectivity index (χ2v) is 5.49. The highest BCUT2D eigenvalue weighted by molar-refractivity contribution is 5.85. The van der Waals surface area contributed by atoms with Crippen LogP contribution in [0.5, 0.6) is 0 Å². The van der Waals surface area contributed by atoms with Crippen molar-refractivity contribution in [2.75, 3.05) is 19.6 Å². The molecule has 1 aliphatic heterocycles. The summed E-state index contributed by atoms with van der Waals surface area (Å²) in [5.74, 6) is 0.924. The highest BCUT2D eigenvalue weighted by Gasteiger charge is 2.35. The normalized spacial score (nSPS) is 23.4. The van der Waals surface area contributed by atoms with Crippen LogP contribution in [0, 0.1) is 5.92 Å². The van der Waals surface area contributed by atoms with Gasteiger partial charge >= 0.3 is 0 Å². The fourth-order valence-corrected chi connectivity index (χ4v) is 3.13. The average Bonchev–Trinajstić information content (AvgIpc) is 2.36. The first-order valence-corrected chi connectivity index (χ1v) is 6.86. The highest BCUT2D eigenvalue weighted by Crippen LogP contribution is 2.34. The molecule has 1 fully saturated rings. The molecule has 1 heterocycles. The number of carbonyl (C=O) groups is 1. The topological polar surface area (TPSA) is 46.3 Å². The first kappa shape index (κ1) is 11.7. The van der Waals surface area contributed by atoms with Crippen molar-refractivity contribution in [1.82, 2.24) is 4.90 Å². The lowest BCUT2D eigenvalue weighted by molar-refractivity contribution is -0.139. The van der Waals surface area contributed by atoms with Gasteiger partial charge in [0.05, 0.1) is 5.92 Å². The molecule has 3 nitrogen and oxygen atoms in total. The molecule has 0 radical (unpaired) electrons. The molecule has 0 spiro atoms. The molecule has 1 unspecified atom stereocenters. The molecule has 1 atom stereocenters. The first-order chi connectivity index (χ1) is 8.79. The van der Waals surface area contributed by atoms with E-state index in [1.54, 1.807) is 0 Å². The summed E-state index contributed by atoms with van der Waals surface area (Å²) in [6.07, 6.45) is 3.24. The number of rotatable bonds is 2. The van der Waals surface area contributed by atoms with Gasteiger partial charge in [0, 0.05) is 19.0 Å². The standard InChI is InChI=1S/C15H20N2O/c16-8-11-9-17(10-11)15(18)14-7-3-5-12-4-1-2-6-13(12)14/h1-2,4,6,11,14H,3,5,7-10,16H2. The second-order valence-electron chi connectivity index (χ2n) is 5.49. The zero-order valence-electron chi connectivity index (χ0n) is 10.6. The van der Waals surface area contributed by atoms with Gasteiger partial charge in [0.2, 0.25) is 5.91 Å². The summed E-state index contributed by atoms with van der Waals surface area (Å²) in [4.78, 5) is 14.5. The van der Waals surface area contributed by atoms with E-state index in [0.29, 0.717) is 18.4 Å². The number of hydrogen-bond donors (Lipinski definition) is 1. The molecular formula is C15H20N2O. The molecule has 3 rings (SSSR count). The van der Waals surface area contributed by atoms with Gasteiger partial charge in [-0.3, -0.25) is 4.79 Å². The Balaban J connectivity index is 1.76. The molecular weight excluding hydrogens is 224 g/mol. The summed E-state index contributed by atoms with van der Waals surface area (Å²) in [5.41, 5.74) is 8.23. The molecule has 1 aliphatic carbocycles. The second kappa shape index (κ2) is 4.73. The predicted molar refractivity (Wildman–Crippen MR) is 71.2 cm³/mol. The minimum absolute atomic E-state index is 0.0914. The van der Waals surface area contributed by atoms with Gasteiger partial charge in [0.25, 0.3) is 0 Å². The Hall–Kier alpha value is -1.35. The smallest absolute Gasteiger partial charge is 0.230 e. The number of carbonyl (C=O) groups excluding carboxylic acids is 1. The maximum absolute atomic E-state index is 12.5. The predicted octanol–water partition coefficient (Wildman–Crippen LogP) is 1.52. The van der Waals surface area contributed by atoms with Gasteiger partial charge in [-0.15, -0.1) is 0 Å². The van der Waals surface area contributed by atoms with E-state index in [9.17, 15) is 4.79 Å². The molecule has 96 valence electrons. The Bertz CT molecular complexity index is 452. The van der Waals surface area contributed by atoms with E-state index in [2.05, 4.69) is 18.2 Å². The average molecular weight is 244 g/mol. The van der Waals surface area contributed by atoms with Crippen molar-refractivity contribution in [3.8, 4) is 0 Å². The molecule has 2 N–H and O–H groups in total. The summed E-state index contributed by atoms with van der Waals surface area (Å²) in [7, 11) is 0. The van der Waals surface area contributed by atoms with Crippen molar-refractivity contribution in [2.24, 2.45) is 11.7 Å². The van der Waals surface area contributed by atoms with Crippen LogP contribution < -0.4 is 5.73 Å². The number of benzene rings is 1. The molecule has 1 saturated heterocycles. The third-order valence-electron chi connectivity index (χ3n) is 4.27. The quantitative estimate of drug-likeness (QED) is 0.857. The molecule has 18 heavy (non-hydrogen) atoms. The zero-order chi connectivity index (χ0) is 12.5. The molecule has 0 saturated carbocycles. The lowest BCUT2D eigenvalue weighted by Gasteiger charge is -2.41. The van der Waals surface area contributed by atoms with Crippen LogP contribution in [0.2, 0.25) is 0 Å². The minimum Gasteiger partial charge on any atom is -0.341 e. The molecule has 2 aliphatic rings. The van der Waals surface area contributed by atoms with Gasteiger partial charge in [0.1, 0.15) is 0 Å². The van der Waals surface area contributed by atoms with Crippen LogP contribution in [0.1, 0.15) is 29.9 Å². The minimum atomic E-state index is 0.0914. The van der Waals surface area contributed by atoms with Crippen LogP contribution in [0.25, 0.3) is 0 Å². The Morgan fingerprint density at radius 3 is 2.89 bits per heavy atom. The fourth-order valence-electron chi connectivity index (χ4n) is 3.13. The lowest BCUT2D eigenvalue weighted by Crippen LogP contribution is -2.54. The molecule has 1 aromatic rings. The van der Waals surface area contributed by atoms with Gasteiger partial charge in [-0.05, 0) is 36.9 Å². The number of nitrogens with zero attached hydrogens (tertiary/aromatic N) is 1.